The van der Waals surface area contributed by atoms with Crippen LogP contribution >= 0.6 is 11.6 Å². The Morgan fingerprint density at radius 3 is 2.80 bits per heavy atom. The minimum absolute atomic E-state index is 0.325. The molecule has 0 radical (unpaired) electrons. The molecule has 3 rings (SSSR count). The molecule has 0 saturated heterocycles. The number of alkyl halides is 2. The molecule has 0 spiro atoms. The van der Waals surface area contributed by atoms with Crippen LogP contribution in [0.1, 0.15) is 39.2 Å². The van der Waals surface area contributed by atoms with Crippen molar-refractivity contribution in [3.8, 4) is 11.3 Å². The molecule has 0 aromatic carbocycles. The van der Waals surface area contributed by atoms with E-state index in [0.717, 1.165) is 37.9 Å². The molecule has 2 heterocycles. The summed E-state index contributed by atoms with van der Waals surface area (Å²) in [5.41, 5.74) is 1.20. The van der Waals surface area contributed by atoms with Gasteiger partial charge in [-0.1, -0.05) is 11.6 Å². The van der Waals surface area contributed by atoms with Crippen molar-refractivity contribution in [2.24, 2.45) is 5.92 Å². The zero-order chi connectivity index (χ0) is 18.0. The molecular weight excluding hydrogens is 350 g/mol. The molecule has 8 heteroatoms. The molecule has 1 saturated carbocycles. The van der Waals surface area contributed by atoms with Gasteiger partial charge < -0.3 is 10.4 Å². The topological polar surface area (TPSA) is 63.0 Å². The van der Waals surface area contributed by atoms with E-state index in [-0.39, 0.29) is 0 Å². The molecule has 2 aromatic rings. The summed E-state index contributed by atoms with van der Waals surface area (Å²) >= 11 is 5.99. The largest absolute Gasteiger partial charge is 0.390 e. The first-order chi connectivity index (χ1) is 11.8. The standard InChI is InChI=1S/C17H21ClF2N4O/c1-17(25)5-2-11(3-6-17)9-21-14-8-15(18)22-10-12(14)13-4-7-24(23-13)16(19)20/h4,7-8,10-11,16,25H,2-3,5-6,9H2,1H3,(H,21,22). The highest BCUT2D eigenvalue weighted by Crippen LogP contribution is 2.33. The lowest BCUT2D eigenvalue weighted by Crippen LogP contribution is -2.32. The van der Waals surface area contributed by atoms with E-state index in [1.54, 1.807) is 6.07 Å². The van der Waals surface area contributed by atoms with Gasteiger partial charge in [-0.25, -0.2) is 9.67 Å². The Balaban J connectivity index is 1.73. The number of halogens is 3. The summed E-state index contributed by atoms with van der Waals surface area (Å²) in [6.45, 7) is -0.0872. The second kappa shape index (κ2) is 7.25. The fourth-order valence-corrected chi connectivity index (χ4v) is 3.29. The molecule has 1 fully saturated rings. The summed E-state index contributed by atoms with van der Waals surface area (Å²) in [6, 6.07) is 3.21. The molecule has 25 heavy (non-hydrogen) atoms. The molecule has 5 nitrogen and oxygen atoms in total. The lowest BCUT2D eigenvalue weighted by Gasteiger charge is -2.33. The number of hydrogen-bond donors (Lipinski definition) is 2. The van der Waals surface area contributed by atoms with Crippen molar-refractivity contribution >= 4 is 17.3 Å². The lowest BCUT2D eigenvalue weighted by molar-refractivity contribution is 0.00976. The van der Waals surface area contributed by atoms with Gasteiger partial charge in [0.2, 0.25) is 0 Å². The number of hydrogen-bond acceptors (Lipinski definition) is 4. The van der Waals surface area contributed by atoms with Gasteiger partial charge in [-0.15, -0.1) is 0 Å². The molecule has 1 aliphatic carbocycles. The SMILES string of the molecule is CC1(O)CCC(CNc2cc(Cl)ncc2-c2ccn(C(F)F)n2)CC1. The first-order valence-corrected chi connectivity index (χ1v) is 8.67. The quantitative estimate of drug-likeness (QED) is 0.768. The normalized spacial score (nSPS) is 23.8. The molecule has 2 aromatic heterocycles. The van der Waals surface area contributed by atoms with Crippen LogP contribution in [-0.2, 0) is 0 Å². The maximum absolute atomic E-state index is 12.7. The Bertz CT molecular complexity index is 725. The van der Waals surface area contributed by atoms with Crippen molar-refractivity contribution in [3.05, 3.63) is 29.7 Å². The number of rotatable bonds is 5. The van der Waals surface area contributed by atoms with Crippen molar-refractivity contribution in [1.29, 1.82) is 0 Å². The average molecular weight is 371 g/mol. The van der Waals surface area contributed by atoms with Crippen LogP contribution in [0, 0.1) is 5.92 Å². The highest BCUT2D eigenvalue weighted by molar-refractivity contribution is 6.29. The van der Waals surface area contributed by atoms with Gasteiger partial charge in [-0.05, 0) is 50.7 Å². The van der Waals surface area contributed by atoms with Gasteiger partial charge in [0.25, 0.3) is 0 Å². The number of pyridine rings is 1. The Hall–Kier alpha value is -1.73. The van der Waals surface area contributed by atoms with Gasteiger partial charge in [-0.2, -0.15) is 13.9 Å². The average Bonchev–Trinajstić information content (AvgIpc) is 3.04. The Morgan fingerprint density at radius 2 is 2.16 bits per heavy atom. The van der Waals surface area contributed by atoms with Crippen molar-refractivity contribution in [2.75, 3.05) is 11.9 Å². The minimum Gasteiger partial charge on any atom is -0.390 e. The van der Waals surface area contributed by atoms with Crippen molar-refractivity contribution in [2.45, 2.75) is 44.8 Å². The van der Waals surface area contributed by atoms with E-state index >= 15 is 0 Å². The number of nitrogens with zero attached hydrogens (tertiary/aromatic N) is 3. The summed E-state index contributed by atoms with van der Waals surface area (Å²) in [7, 11) is 0. The third-order valence-corrected chi connectivity index (χ3v) is 4.93. The summed E-state index contributed by atoms with van der Waals surface area (Å²) in [5, 5.41) is 17.6. The van der Waals surface area contributed by atoms with Gasteiger partial charge >= 0.3 is 6.55 Å². The van der Waals surface area contributed by atoms with Gasteiger partial charge in [0.05, 0.1) is 11.3 Å². The molecule has 0 bridgehead atoms. The van der Waals surface area contributed by atoms with Gasteiger partial charge in [0.15, 0.2) is 0 Å². The summed E-state index contributed by atoms with van der Waals surface area (Å²) in [4.78, 5) is 4.04. The molecule has 0 aliphatic heterocycles. The van der Waals surface area contributed by atoms with E-state index in [0.29, 0.717) is 27.0 Å². The predicted octanol–water partition coefficient (Wildman–Crippen LogP) is 4.35. The first-order valence-electron chi connectivity index (χ1n) is 8.29. The van der Waals surface area contributed by atoms with Crippen LogP contribution in [0.2, 0.25) is 5.15 Å². The van der Waals surface area contributed by atoms with E-state index in [1.165, 1.54) is 18.5 Å². The van der Waals surface area contributed by atoms with E-state index in [9.17, 15) is 13.9 Å². The minimum atomic E-state index is -2.68. The molecule has 0 unspecified atom stereocenters. The van der Waals surface area contributed by atoms with Crippen LogP contribution in [0.15, 0.2) is 24.5 Å². The van der Waals surface area contributed by atoms with Crippen LogP contribution in [0.4, 0.5) is 14.5 Å². The maximum Gasteiger partial charge on any atom is 0.333 e. The Kier molecular flexibility index (Phi) is 5.24. The second-order valence-electron chi connectivity index (χ2n) is 6.83. The fourth-order valence-electron chi connectivity index (χ4n) is 3.13. The van der Waals surface area contributed by atoms with E-state index in [2.05, 4.69) is 15.4 Å². The third-order valence-electron chi connectivity index (χ3n) is 4.72. The lowest BCUT2D eigenvalue weighted by atomic mass is 9.80. The number of anilines is 1. The van der Waals surface area contributed by atoms with Crippen molar-refractivity contribution in [3.63, 3.8) is 0 Å². The number of aromatic nitrogens is 3. The van der Waals surface area contributed by atoms with Crippen molar-refractivity contribution in [1.82, 2.24) is 14.8 Å². The zero-order valence-corrected chi connectivity index (χ0v) is 14.7. The summed E-state index contributed by atoms with van der Waals surface area (Å²) < 4.78 is 26.1. The Labute approximate surface area is 150 Å². The molecule has 136 valence electrons. The molecular formula is C17H21ClF2N4O. The van der Waals surface area contributed by atoms with Crippen LogP contribution < -0.4 is 5.32 Å². The van der Waals surface area contributed by atoms with Crippen LogP contribution in [-0.4, -0.2) is 32.0 Å². The predicted molar refractivity (Wildman–Crippen MR) is 92.8 cm³/mol. The van der Waals surface area contributed by atoms with Gasteiger partial charge in [-0.3, -0.25) is 0 Å². The van der Waals surface area contributed by atoms with E-state index < -0.39 is 12.2 Å². The monoisotopic (exact) mass is 370 g/mol. The number of aliphatic hydroxyl groups is 1. The smallest absolute Gasteiger partial charge is 0.333 e. The summed E-state index contributed by atoms with van der Waals surface area (Å²) in [6.07, 6.45) is 6.21. The van der Waals surface area contributed by atoms with E-state index in [4.69, 9.17) is 11.6 Å². The van der Waals surface area contributed by atoms with Gasteiger partial charge in [0, 0.05) is 30.2 Å². The second-order valence-corrected chi connectivity index (χ2v) is 7.22. The number of nitrogens with one attached hydrogen (secondary N) is 1. The highest BCUT2D eigenvalue weighted by atomic mass is 35.5. The van der Waals surface area contributed by atoms with E-state index in [1.807, 2.05) is 6.92 Å². The third kappa shape index (κ3) is 4.46. The van der Waals surface area contributed by atoms with Gasteiger partial charge in [0.1, 0.15) is 5.15 Å². The van der Waals surface area contributed by atoms with Crippen LogP contribution in [0.5, 0.6) is 0 Å². The maximum atomic E-state index is 12.7. The molecule has 1 aliphatic rings. The molecule has 0 atom stereocenters. The van der Waals surface area contributed by atoms with Crippen LogP contribution in [0.25, 0.3) is 11.3 Å². The van der Waals surface area contributed by atoms with Crippen LogP contribution in [0.3, 0.4) is 0 Å². The van der Waals surface area contributed by atoms with Crippen molar-refractivity contribution < 1.29 is 13.9 Å². The summed E-state index contributed by atoms with van der Waals surface area (Å²) in [5.74, 6) is 0.443. The Morgan fingerprint density at radius 1 is 1.44 bits per heavy atom. The highest BCUT2D eigenvalue weighted by Gasteiger charge is 2.28. The molecule has 2 N–H and O–H groups in total. The zero-order valence-electron chi connectivity index (χ0n) is 13.9. The molecule has 0 amide bonds. The fraction of sp³-hybridized carbons (Fsp3) is 0.529. The first kappa shape index (κ1) is 18.1.